The number of carboxylic acids is 1. The Morgan fingerprint density at radius 2 is 1.70 bits per heavy atom. The minimum absolute atomic E-state index is 0.0389. The smallest absolute Gasteiger partial charge is 0.310 e. The van der Waals surface area contributed by atoms with Gasteiger partial charge in [-0.3, -0.25) is 9.78 Å². The number of rotatable bonds is 3. The second kappa shape index (κ2) is 7.14. The molecule has 2 heterocycles. The summed E-state index contributed by atoms with van der Waals surface area (Å²) in [5, 5.41) is 52.2. The van der Waals surface area contributed by atoms with E-state index in [-0.39, 0.29) is 17.0 Å². The molecule has 0 amide bonds. The zero-order valence-electron chi connectivity index (χ0n) is 17.1. The van der Waals surface area contributed by atoms with Crippen molar-refractivity contribution >= 4 is 5.97 Å². The van der Waals surface area contributed by atoms with E-state index in [0.717, 1.165) is 0 Å². The number of carbonyl (C=O) groups is 1. The maximum Gasteiger partial charge on any atom is 0.310 e. The highest BCUT2D eigenvalue weighted by atomic mass is 16.5. The summed E-state index contributed by atoms with van der Waals surface area (Å²) >= 11 is 0. The zero-order valence-corrected chi connectivity index (χ0v) is 17.1. The van der Waals surface area contributed by atoms with Crippen LogP contribution in [0.4, 0.5) is 0 Å². The minimum Gasteiger partial charge on any atom is -0.481 e. The first-order valence-corrected chi connectivity index (χ1v) is 10.2. The van der Waals surface area contributed by atoms with Crippen molar-refractivity contribution < 1.29 is 24.9 Å². The van der Waals surface area contributed by atoms with Gasteiger partial charge in [-0.2, -0.15) is 10.5 Å². The topological polar surface area (TPSA) is 147 Å². The fourth-order valence-electron chi connectivity index (χ4n) is 5.28. The van der Waals surface area contributed by atoms with E-state index in [1.54, 1.807) is 42.5 Å². The van der Waals surface area contributed by atoms with Crippen molar-refractivity contribution in [2.45, 2.75) is 23.2 Å². The van der Waals surface area contributed by atoms with E-state index in [9.17, 15) is 30.6 Å². The molecule has 8 nitrogen and oxygen atoms in total. The fourth-order valence-corrected chi connectivity index (χ4v) is 5.28. The van der Waals surface area contributed by atoms with E-state index < -0.39 is 35.1 Å². The average molecular weight is 439 g/mol. The highest BCUT2D eigenvalue weighted by Gasteiger charge is 2.78. The number of hydrogen-bond donors (Lipinski definition) is 3. The van der Waals surface area contributed by atoms with Crippen LogP contribution in [-0.4, -0.2) is 32.4 Å². The van der Waals surface area contributed by atoms with Gasteiger partial charge in [0.25, 0.3) is 0 Å². The van der Waals surface area contributed by atoms with Crippen LogP contribution in [0.3, 0.4) is 0 Å². The van der Waals surface area contributed by atoms with Crippen LogP contribution in [0.5, 0.6) is 5.75 Å². The summed E-state index contributed by atoms with van der Waals surface area (Å²) < 4.78 is 6.37. The molecule has 5 unspecified atom stereocenters. The number of fused-ring (bicyclic) bond motifs is 3. The van der Waals surface area contributed by atoms with Gasteiger partial charge in [-0.15, -0.1) is 0 Å². The fraction of sp³-hybridized carbons (Fsp3) is 0.200. The van der Waals surface area contributed by atoms with Crippen molar-refractivity contribution in [3.63, 3.8) is 0 Å². The highest BCUT2D eigenvalue weighted by Crippen LogP contribution is 2.67. The van der Waals surface area contributed by atoms with E-state index >= 15 is 0 Å². The van der Waals surface area contributed by atoms with Gasteiger partial charge >= 0.3 is 5.97 Å². The number of pyridine rings is 1. The second-order valence-electron chi connectivity index (χ2n) is 8.17. The summed E-state index contributed by atoms with van der Waals surface area (Å²) in [6, 6.07) is 20.3. The van der Waals surface area contributed by atoms with E-state index in [1.807, 2.05) is 12.1 Å². The number of aliphatic carboxylic acids is 1. The van der Waals surface area contributed by atoms with Crippen LogP contribution >= 0.6 is 0 Å². The first-order valence-electron chi connectivity index (χ1n) is 10.2. The number of aromatic nitrogens is 1. The van der Waals surface area contributed by atoms with Crippen LogP contribution < -0.4 is 4.74 Å². The molecule has 5 rings (SSSR count). The van der Waals surface area contributed by atoms with Crippen LogP contribution in [0.25, 0.3) is 0 Å². The number of aliphatic hydroxyl groups is 2. The predicted octanol–water partition coefficient (Wildman–Crippen LogP) is 2.16. The van der Waals surface area contributed by atoms with Crippen LogP contribution in [0.1, 0.15) is 33.9 Å². The molecule has 5 atom stereocenters. The third-order valence-electron chi connectivity index (χ3n) is 6.63. The number of carboxylic acid groups (broad SMARTS) is 1. The largest absolute Gasteiger partial charge is 0.481 e. The first kappa shape index (κ1) is 20.7. The van der Waals surface area contributed by atoms with E-state index in [0.29, 0.717) is 16.7 Å². The molecule has 1 saturated carbocycles. The Bertz CT molecular complexity index is 1350. The van der Waals surface area contributed by atoms with E-state index in [2.05, 4.69) is 4.98 Å². The molecule has 0 radical (unpaired) electrons. The van der Waals surface area contributed by atoms with Crippen LogP contribution in [-0.2, 0) is 16.0 Å². The van der Waals surface area contributed by atoms with Crippen LogP contribution in [0.15, 0.2) is 66.9 Å². The molecule has 3 aromatic rings. The Morgan fingerprint density at radius 1 is 1.03 bits per heavy atom. The summed E-state index contributed by atoms with van der Waals surface area (Å²) in [4.78, 5) is 16.6. The lowest BCUT2D eigenvalue weighted by atomic mass is 9.71. The molecular formula is C25H17N3O5. The number of hydrogen-bond acceptors (Lipinski definition) is 7. The third kappa shape index (κ3) is 2.56. The van der Waals surface area contributed by atoms with Gasteiger partial charge in [-0.1, -0.05) is 42.5 Å². The number of ether oxygens (including phenoxy) is 1. The Morgan fingerprint density at radius 3 is 2.30 bits per heavy atom. The Balaban J connectivity index is 1.86. The SMILES string of the molecule is N#Cc1ccc(C23Oc4cc(C#N)cnc4C2(O)C(O)C(C(=O)O)C3c2ccccc2)cc1. The van der Waals surface area contributed by atoms with Gasteiger partial charge in [0.2, 0.25) is 0 Å². The quantitative estimate of drug-likeness (QED) is 0.562. The lowest BCUT2D eigenvalue weighted by Crippen LogP contribution is -2.52. The van der Waals surface area contributed by atoms with Crippen LogP contribution in [0.2, 0.25) is 0 Å². The first-order chi connectivity index (χ1) is 15.9. The third-order valence-corrected chi connectivity index (χ3v) is 6.63. The van der Waals surface area contributed by atoms with Crippen molar-refractivity contribution in [3.8, 4) is 17.9 Å². The van der Waals surface area contributed by atoms with Gasteiger partial charge in [0.15, 0.2) is 11.2 Å². The van der Waals surface area contributed by atoms with Gasteiger partial charge in [-0.25, -0.2) is 0 Å². The lowest BCUT2D eigenvalue weighted by Gasteiger charge is -2.40. The molecule has 3 N–H and O–H groups in total. The molecule has 2 aliphatic rings. The number of benzene rings is 2. The monoisotopic (exact) mass is 439 g/mol. The number of nitrogens with zero attached hydrogens (tertiary/aromatic N) is 3. The van der Waals surface area contributed by atoms with E-state index in [4.69, 9.17) is 4.74 Å². The predicted molar refractivity (Wildman–Crippen MR) is 113 cm³/mol. The van der Waals surface area contributed by atoms with Crippen molar-refractivity contribution in [2.75, 3.05) is 0 Å². The molecular weight excluding hydrogens is 422 g/mol. The van der Waals surface area contributed by atoms with E-state index in [1.165, 1.54) is 24.4 Å². The van der Waals surface area contributed by atoms with Gasteiger partial charge < -0.3 is 20.1 Å². The summed E-state index contributed by atoms with van der Waals surface area (Å²) in [6.07, 6.45) is -0.537. The number of nitriles is 2. The Hall–Kier alpha value is -4.24. The molecule has 8 heteroatoms. The molecule has 1 fully saturated rings. The maximum absolute atomic E-state index is 12.4. The molecule has 1 aliphatic heterocycles. The average Bonchev–Trinajstić information content (AvgIpc) is 3.22. The second-order valence-corrected chi connectivity index (χ2v) is 8.17. The molecule has 0 saturated heterocycles. The zero-order chi connectivity index (χ0) is 23.4. The van der Waals surface area contributed by atoms with Gasteiger partial charge in [-0.05, 0) is 23.3 Å². The molecule has 33 heavy (non-hydrogen) atoms. The number of aliphatic hydroxyl groups excluding tert-OH is 1. The molecule has 0 spiro atoms. The molecule has 2 aromatic carbocycles. The molecule has 1 aromatic heterocycles. The molecule has 0 bridgehead atoms. The van der Waals surface area contributed by atoms with Gasteiger partial charge in [0, 0.05) is 18.2 Å². The minimum atomic E-state index is -2.24. The summed E-state index contributed by atoms with van der Waals surface area (Å²) in [7, 11) is 0. The summed E-state index contributed by atoms with van der Waals surface area (Å²) in [5.41, 5.74) is -2.60. The van der Waals surface area contributed by atoms with Crippen molar-refractivity contribution in [3.05, 3.63) is 94.8 Å². The normalized spacial score (nSPS) is 29.3. The Kier molecular flexibility index (Phi) is 4.47. The lowest BCUT2D eigenvalue weighted by molar-refractivity contribution is -0.160. The molecule has 1 aliphatic carbocycles. The van der Waals surface area contributed by atoms with Crippen molar-refractivity contribution in [2.24, 2.45) is 5.92 Å². The van der Waals surface area contributed by atoms with Crippen LogP contribution in [0, 0.1) is 28.6 Å². The maximum atomic E-state index is 12.4. The summed E-state index contributed by atoms with van der Waals surface area (Å²) in [6.45, 7) is 0. The summed E-state index contributed by atoms with van der Waals surface area (Å²) in [5.74, 6) is -3.67. The van der Waals surface area contributed by atoms with Gasteiger partial charge in [0.1, 0.15) is 23.6 Å². The Labute approximate surface area is 188 Å². The standard InChI is InChI=1S/C25H17N3O5/c26-11-14-6-8-17(9-7-14)25-20(16-4-2-1-3-5-16)19(23(30)31)22(29)24(25,32)21-18(33-25)10-15(12-27)13-28-21/h1-10,13,19-20,22,29,32H,(H,30,31). The highest BCUT2D eigenvalue weighted by molar-refractivity contribution is 5.76. The van der Waals surface area contributed by atoms with Crippen molar-refractivity contribution in [1.29, 1.82) is 10.5 Å². The molecule has 162 valence electrons. The van der Waals surface area contributed by atoms with Gasteiger partial charge in [0.05, 0.1) is 23.1 Å². The van der Waals surface area contributed by atoms with Crippen molar-refractivity contribution in [1.82, 2.24) is 4.98 Å².